The average molecular weight is 496 g/mol. The number of hydrogen-bond donors (Lipinski definition) is 3. The minimum Gasteiger partial charge on any atom is -0.357 e. The molecule has 26 heavy (non-hydrogen) atoms. The molecule has 0 saturated heterocycles. The van der Waals surface area contributed by atoms with Crippen molar-refractivity contribution < 1.29 is 8.42 Å². The van der Waals surface area contributed by atoms with E-state index in [-0.39, 0.29) is 28.9 Å². The number of unbranched alkanes of at least 4 members (excludes halogenated alkanes) is 2. The Bertz CT molecular complexity index is 633. The van der Waals surface area contributed by atoms with Crippen LogP contribution in [0, 0.1) is 0 Å². The number of sulfonamides is 1. The van der Waals surface area contributed by atoms with Gasteiger partial charge in [0.05, 0.1) is 4.90 Å². The highest BCUT2D eigenvalue weighted by atomic mass is 127. The molecule has 0 aliphatic rings. The van der Waals surface area contributed by atoms with Crippen LogP contribution in [0.4, 0.5) is 0 Å². The van der Waals surface area contributed by atoms with Crippen LogP contribution in [0.25, 0.3) is 0 Å². The van der Waals surface area contributed by atoms with E-state index in [1.54, 1.807) is 12.1 Å². The van der Waals surface area contributed by atoms with Crippen molar-refractivity contribution in [2.75, 3.05) is 13.1 Å². The molecule has 0 saturated carbocycles. The largest absolute Gasteiger partial charge is 0.357 e. The second kappa shape index (κ2) is 13.3. The lowest BCUT2D eigenvalue weighted by atomic mass is 10.1. The van der Waals surface area contributed by atoms with E-state index in [9.17, 15) is 8.42 Å². The molecule has 0 heterocycles. The molecule has 0 amide bonds. The highest BCUT2D eigenvalue weighted by Crippen LogP contribution is 2.09. The van der Waals surface area contributed by atoms with Crippen molar-refractivity contribution in [3.05, 3.63) is 29.8 Å². The summed E-state index contributed by atoms with van der Waals surface area (Å²) in [6.45, 7) is 7.88. The van der Waals surface area contributed by atoms with Crippen LogP contribution in [-0.2, 0) is 16.4 Å². The molecule has 1 unspecified atom stereocenters. The molecule has 4 N–H and O–H groups in total. The Balaban J connectivity index is 0.00000625. The van der Waals surface area contributed by atoms with Gasteiger partial charge in [-0.25, -0.2) is 13.6 Å². The summed E-state index contributed by atoms with van der Waals surface area (Å²) in [6.07, 6.45) is 5.58. The molecule has 1 aromatic rings. The number of halogens is 1. The molecule has 8 heteroatoms. The van der Waals surface area contributed by atoms with Crippen molar-refractivity contribution in [3.63, 3.8) is 0 Å². The smallest absolute Gasteiger partial charge is 0.238 e. The summed E-state index contributed by atoms with van der Waals surface area (Å²) in [6, 6.07) is 7.02. The third-order valence-electron chi connectivity index (χ3n) is 3.89. The summed E-state index contributed by atoms with van der Waals surface area (Å²) >= 11 is 0. The third-order valence-corrected chi connectivity index (χ3v) is 4.82. The summed E-state index contributed by atoms with van der Waals surface area (Å²) in [5.74, 6) is 0.827. The highest BCUT2D eigenvalue weighted by Gasteiger charge is 2.07. The monoisotopic (exact) mass is 496 g/mol. The zero-order valence-corrected chi connectivity index (χ0v) is 19.1. The number of rotatable bonds is 10. The fourth-order valence-electron chi connectivity index (χ4n) is 2.47. The molecule has 0 radical (unpaired) electrons. The van der Waals surface area contributed by atoms with Crippen LogP contribution in [0.3, 0.4) is 0 Å². The molecule has 150 valence electrons. The summed E-state index contributed by atoms with van der Waals surface area (Å²) in [7, 11) is -3.63. The van der Waals surface area contributed by atoms with E-state index in [1.807, 2.05) is 6.92 Å². The number of nitrogens with zero attached hydrogens (tertiary/aromatic N) is 1. The maximum absolute atomic E-state index is 11.3. The van der Waals surface area contributed by atoms with Crippen LogP contribution < -0.4 is 15.8 Å². The molecule has 0 aliphatic carbocycles. The predicted octanol–water partition coefficient (Wildman–Crippen LogP) is 3.02. The third kappa shape index (κ3) is 10.3. The van der Waals surface area contributed by atoms with Gasteiger partial charge in [0, 0.05) is 19.1 Å². The first-order chi connectivity index (χ1) is 11.9. The number of aliphatic imine (C=N–C) groups is 1. The molecule has 0 bridgehead atoms. The lowest BCUT2D eigenvalue weighted by molar-refractivity contribution is 0.547. The van der Waals surface area contributed by atoms with Gasteiger partial charge in [0.25, 0.3) is 0 Å². The van der Waals surface area contributed by atoms with Crippen molar-refractivity contribution in [3.8, 4) is 0 Å². The van der Waals surface area contributed by atoms with Gasteiger partial charge in [0.15, 0.2) is 5.96 Å². The van der Waals surface area contributed by atoms with Crippen LogP contribution in [0.2, 0.25) is 0 Å². The first-order valence-electron chi connectivity index (χ1n) is 9.03. The van der Waals surface area contributed by atoms with Gasteiger partial charge in [-0.2, -0.15) is 0 Å². The second-order valence-electron chi connectivity index (χ2n) is 6.24. The first kappa shape index (κ1) is 25.1. The van der Waals surface area contributed by atoms with Gasteiger partial charge in [0.2, 0.25) is 10.0 Å². The van der Waals surface area contributed by atoms with Crippen molar-refractivity contribution >= 4 is 40.0 Å². The van der Waals surface area contributed by atoms with Crippen LogP contribution in [0.15, 0.2) is 34.2 Å². The Kier molecular flexibility index (Phi) is 12.9. The van der Waals surface area contributed by atoms with Crippen molar-refractivity contribution in [2.24, 2.45) is 10.1 Å². The van der Waals surface area contributed by atoms with Gasteiger partial charge in [-0.1, -0.05) is 38.3 Å². The van der Waals surface area contributed by atoms with Crippen LogP contribution >= 0.6 is 24.0 Å². The minimum absolute atomic E-state index is 0. The van der Waals surface area contributed by atoms with Gasteiger partial charge in [-0.05, 0) is 44.4 Å². The molecular weight excluding hydrogens is 463 g/mol. The van der Waals surface area contributed by atoms with Gasteiger partial charge < -0.3 is 10.6 Å². The zero-order chi connectivity index (χ0) is 18.7. The number of nitrogens with two attached hydrogens (primary N) is 1. The maximum Gasteiger partial charge on any atom is 0.238 e. The van der Waals surface area contributed by atoms with Gasteiger partial charge in [-0.3, -0.25) is 4.99 Å². The van der Waals surface area contributed by atoms with Gasteiger partial charge in [0.1, 0.15) is 0 Å². The maximum atomic E-state index is 11.3. The standard InChI is InChI=1S/C18H32N4O2S.HI/c1-4-6-7-8-15(3)22-18(20-5-2)21-14-13-16-9-11-17(12-10-16)25(19,23)24;/h9-12,15H,4-8,13-14H2,1-3H3,(H2,19,23,24)(H2,20,21,22);1H. The number of benzene rings is 1. The number of primary sulfonamides is 1. The van der Waals surface area contributed by atoms with E-state index >= 15 is 0 Å². The quantitative estimate of drug-likeness (QED) is 0.201. The molecule has 1 atom stereocenters. The minimum atomic E-state index is -3.63. The van der Waals surface area contributed by atoms with Crippen LogP contribution in [0.1, 0.15) is 52.0 Å². The summed E-state index contributed by atoms with van der Waals surface area (Å²) < 4.78 is 22.5. The molecular formula is C18H33IN4O2S. The molecule has 0 aromatic heterocycles. The van der Waals surface area contributed by atoms with Gasteiger partial charge >= 0.3 is 0 Å². The summed E-state index contributed by atoms with van der Waals surface area (Å²) in [4.78, 5) is 4.73. The SMILES string of the molecule is CCCCCC(C)NC(=NCCc1ccc(S(N)(=O)=O)cc1)NCC.I. The molecule has 0 spiro atoms. The second-order valence-corrected chi connectivity index (χ2v) is 7.80. The van der Waals surface area contributed by atoms with Crippen LogP contribution in [-0.4, -0.2) is 33.5 Å². The topological polar surface area (TPSA) is 96.6 Å². The average Bonchev–Trinajstić information content (AvgIpc) is 2.55. The normalized spacial score (nSPS) is 13.0. The van der Waals surface area contributed by atoms with E-state index in [4.69, 9.17) is 5.14 Å². The molecule has 1 rings (SSSR count). The van der Waals surface area contributed by atoms with E-state index in [2.05, 4.69) is 29.5 Å². The van der Waals surface area contributed by atoms with E-state index in [0.29, 0.717) is 12.6 Å². The number of guanidine groups is 1. The van der Waals surface area contributed by atoms with Crippen molar-refractivity contribution in [1.82, 2.24) is 10.6 Å². The lowest BCUT2D eigenvalue weighted by Crippen LogP contribution is -2.42. The molecule has 0 aliphatic heterocycles. The Labute approximate surface area is 175 Å². The first-order valence-corrected chi connectivity index (χ1v) is 10.6. The molecule has 6 nitrogen and oxygen atoms in total. The van der Waals surface area contributed by atoms with E-state index in [0.717, 1.165) is 30.9 Å². The van der Waals surface area contributed by atoms with E-state index in [1.165, 1.54) is 31.4 Å². The Hall–Kier alpha value is -0.870. The Morgan fingerprint density at radius 2 is 1.85 bits per heavy atom. The number of hydrogen-bond acceptors (Lipinski definition) is 3. The Morgan fingerprint density at radius 1 is 1.19 bits per heavy atom. The van der Waals surface area contributed by atoms with E-state index < -0.39 is 10.0 Å². The van der Waals surface area contributed by atoms with Crippen molar-refractivity contribution in [1.29, 1.82) is 0 Å². The molecule has 1 aromatic carbocycles. The Morgan fingerprint density at radius 3 is 2.38 bits per heavy atom. The highest BCUT2D eigenvalue weighted by molar-refractivity contribution is 14.0. The predicted molar refractivity (Wildman–Crippen MR) is 120 cm³/mol. The number of nitrogens with one attached hydrogen (secondary N) is 2. The van der Waals surface area contributed by atoms with Crippen molar-refractivity contribution in [2.45, 2.75) is 63.8 Å². The van der Waals surface area contributed by atoms with Gasteiger partial charge in [-0.15, -0.1) is 24.0 Å². The zero-order valence-electron chi connectivity index (χ0n) is 16.0. The van der Waals surface area contributed by atoms with Crippen LogP contribution in [0.5, 0.6) is 0 Å². The summed E-state index contributed by atoms with van der Waals surface area (Å²) in [5.41, 5.74) is 1.03. The fourth-order valence-corrected chi connectivity index (χ4v) is 2.98. The molecule has 0 fully saturated rings. The fraction of sp³-hybridized carbons (Fsp3) is 0.611. The summed E-state index contributed by atoms with van der Waals surface area (Å²) in [5, 5.41) is 11.8. The lowest BCUT2D eigenvalue weighted by Gasteiger charge is -2.17.